The number of nitro groups is 1. The number of nitrogens with zero attached hydrogens (tertiary/aromatic N) is 3. The lowest BCUT2D eigenvalue weighted by Gasteiger charge is -2.03. The van der Waals surface area contributed by atoms with Gasteiger partial charge in [0.25, 0.3) is 11.6 Å². The molecule has 0 unspecified atom stereocenters. The number of rotatable bonds is 9. The molecule has 0 aliphatic rings. The quantitative estimate of drug-likeness (QED) is 0.407. The Labute approximate surface area is 143 Å². The van der Waals surface area contributed by atoms with Crippen LogP contribution >= 0.6 is 0 Å². The van der Waals surface area contributed by atoms with Gasteiger partial charge >= 0.3 is 5.97 Å². The Hall–Kier alpha value is -3.23. The maximum Gasteiger partial charge on any atom is 0.303 e. The zero-order valence-corrected chi connectivity index (χ0v) is 13.4. The number of carbonyl (C=O) groups excluding carboxylic acids is 1. The molecule has 9 nitrogen and oxygen atoms in total. The number of amides is 1. The zero-order chi connectivity index (χ0) is 18.2. The summed E-state index contributed by atoms with van der Waals surface area (Å²) < 4.78 is 1.40. The van der Waals surface area contributed by atoms with Crippen LogP contribution in [0, 0.1) is 10.1 Å². The van der Waals surface area contributed by atoms with E-state index in [0.29, 0.717) is 31.5 Å². The molecule has 0 saturated heterocycles. The molecule has 132 valence electrons. The second-order valence-electron chi connectivity index (χ2n) is 5.38. The molecular formula is C16H18N4O5. The lowest BCUT2D eigenvalue weighted by molar-refractivity contribution is -0.384. The van der Waals surface area contributed by atoms with Crippen molar-refractivity contribution in [3.05, 3.63) is 52.3 Å². The van der Waals surface area contributed by atoms with Gasteiger partial charge in [-0.1, -0.05) is 12.5 Å². The molecular weight excluding hydrogens is 328 g/mol. The molecule has 2 N–H and O–H groups in total. The zero-order valence-electron chi connectivity index (χ0n) is 13.4. The minimum atomic E-state index is -0.823. The molecule has 0 aliphatic carbocycles. The smallest absolute Gasteiger partial charge is 0.303 e. The van der Waals surface area contributed by atoms with Crippen molar-refractivity contribution < 1.29 is 19.6 Å². The fraction of sp³-hybridized carbons (Fsp3) is 0.312. The average Bonchev–Trinajstić information content (AvgIpc) is 3.08. The number of benzene rings is 1. The van der Waals surface area contributed by atoms with Gasteiger partial charge in [0.2, 0.25) is 0 Å². The molecule has 1 aromatic heterocycles. The van der Waals surface area contributed by atoms with E-state index in [9.17, 15) is 19.7 Å². The number of carboxylic acids is 1. The van der Waals surface area contributed by atoms with Crippen molar-refractivity contribution in [3.8, 4) is 5.69 Å². The van der Waals surface area contributed by atoms with Gasteiger partial charge in [-0.05, 0) is 25.0 Å². The number of hydrogen-bond acceptors (Lipinski definition) is 5. The van der Waals surface area contributed by atoms with E-state index >= 15 is 0 Å². The third kappa shape index (κ3) is 5.41. The Morgan fingerprint density at radius 2 is 2.04 bits per heavy atom. The molecule has 2 rings (SSSR count). The molecule has 0 bridgehead atoms. The number of carboxylic acid groups (broad SMARTS) is 1. The number of carbonyl (C=O) groups is 2. The Bertz CT molecular complexity index is 771. The van der Waals surface area contributed by atoms with Gasteiger partial charge in [-0.15, -0.1) is 0 Å². The van der Waals surface area contributed by atoms with Gasteiger partial charge in [0, 0.05) is 31.3 Å². The van der Waals surface area contributed by atoms with Gasteiger partial charge in [0.15, 0.2) is 5.69 Å². The van der Waals surface area contributed by atoms with E-state index in [2.05, 4.69) is 10.4 Å². The van der Waals surface area contributed by atoms with Gasteiger partial charge in [0.1, 0.15) is 0 Å². The average molecular weight is 346 g/mol. The Morgan fingerprint density at radius 1 is 1.24 bits per heavy atom. The fourth-order valence-electron chi connectivity index (χ4n) is 2.21. The van der Waals surface area contributed by atoms with E-state index < -0.39 is 10.9 Å². The third-order valence-electron chi connectivity index (χ3n) is 3.48. The van der Waals surface area contributed by atoms with Crippen LogP contribution in [0.3, 0.4) is 0 Å². The molecule has 0 atom stereocenters. The molecule has 0 aliphatic heterocycles. The number of nitrogens with one attached hydrogen (secondary N) is 1. The summed E-state index contributed by atoms with van der Waals surface area (Å²) in [6.07, 6.45) is 3.66. The Balaban J connectivity index is 1.88. The van der Waals surface area contributed by atoms with Crippen molar-refractivity contribution in [3.63, 3.8) is 0 Å². The number of aliphatic carboxylic acids is 1. The van der Waals surface area contributed by atoms with E-state index in [1.807, 2.05) is 0 Å². The van der Waals surface area contributed by atoms with Crippen LogP contribution in [0.4, 0.5) is 5.69 Å². The topological polar surface area (TPSA) is 127 Å². The van der Waals surface area contributed by atoms with Crippen LogP contribution in [0.2, 0.25) is 0 Å². The summed E-state index contributed by atoms with van der Waals surface area (Å²) in [5.41, 5.74) is 0.638. The van der Waals surface area contributed by atoms with Gasteiger partial charge in [0.05, 0.1) is 10.6 Å². The monoisotopic (exact) mass is 346 g/mol. The maximum absolute atomic E-state index is 12.0. The molecule has 0 radical (unpaired) electrons. The molecule has 1 aromatic carbocycles. The van der Waals surface area contributed by atoms with Crippen molar-refractivity contribution in [2.24, 2.45) is 0 Å². The highest BCUT2D eigenvalue weighted by molar-refractivity contribution is 5.92. The summed E-state index contributed by atoms with van der Waals surface area (Å²) in [6, 6.07) is 7.48. The van der Waals surface area contributed by atoms with Gasteiger partial charge in [-0.2, -0.15) is 5.10 Å². The molecule has 0 fully saturated rings. The van der Waals surface area contributed by atoms with E-state index in [0.717, 1.165) is 0 Å². The molecule has 1 heterocycles. The van der Waals surface area contributed by atoms with Crippen LogP contribution in [-0.4, -0.2) is 38.2 Å². The minimum absolute atomic E-state index is 0.0552. The second kappa shape index (κ2) is 8.57. The van der Waals surface area contributed by atoms with E-state index in [1.54, 1.807) is 18.3 Å². The standard InChI is InChI=1S/C16H18N4O5/c21-15(22)7-2-1-3-9-17-16(23)14-8-10-19(18-14)12-5-4-6-13(11-12)20(24)25/h4-6,8,10-11H,1-3,7,9H2,(H,17,23)(H,21,22). The largest absolute Gasteiger partial charge is 0.481 e. The van der Waals surface area contributed by atoms with Crippen LogP contribution in [0.15, 0.2) is 36.5 Å². The molecule has 1 amide bonds. The number of non-ortho nitro benzene ring substituents is 1. The van der Waals surface area contributed by atoms with Crippen molar-refractivity contribution in [1.82, 2.24) is 15.1 Å². The third-order valence-corrected chi connectivity index (χ3v) is 3.48. The summed E-state index contributed by atoms with van der Waals surface area (Å²) in [4.78, 5) is 32.7. The second-order valence-corrected chi connectivity index (χ2v) is 5.38. The Kier molecular flexibility index (Phi) is 6.21. The fourth-order valence-corrected chi connectivity index (χ4v) is 2.21. The van der Waals surface area contributed by atoms with Crippen molar-refractivity contribution in [2.45, 2.75) is 25.7 Å². The summed E-state index contributed by atoms with van der Waals surface area (Å²) in [5.74, 6) is -1.17. The molecule has 0 spiro atoms. The predicted octanol–water partition coefficient (Wildman–Crippen LogP) is 2.16. The van der Waals surface area contributed by atoms with Crippen molar-refractivity contribution >= 4 is 17.6 Å². The van der Waals surface area contributed by atoms with E-state index in [1.165, 1.54) is 22.9 Å². The van der Waals surface area contributed by atoms with Gasteiger partial charge in [-0.25, -0.2) is 4.68 Å². The molecule has 9 heteroatoms. The van der Waals surface area contributed by atoms with Crippen LogP contribution < -0.4 is 5.32 Å². The first-order chi connectivity index (χ1) is 12.0. The van der Waals surface area contributed by atoms with Crippen molar-refractivity contribution in [2.75, 3.05) is 6.54 Å². The van der Waals surface area contributed by atoms with Crippen LogP contribution in [0.1, 0.15) is 36.2 Å². The number of hydrogen-bond donors (Lipinski definition) is 2. The molecule has 25 heavy (non-hydrogen) atoms. The molecule has 2 aromatic rings. The highest BCUT2D eigenvalue weighted by Crippen LogP contribution is 2.16. The number of aromatic nitrogens is 2. The number of unbranched alkanes of at least 4 members (excludes halogenated alkanes) is 2. The minimum Gasteiger partial charge on any atom is -0.481 e. The first-order valence-corrected chi connectivity index (χ1v) is 7.78. The number of nitro benzene ring substituents is 1. The molecule has 0 saturated carbocycles. The summed E-state index contributed by atoms with van der Waals surface area (Å²) in [7, 11) is 0. The van der Waals surface area contributed by atoms with Gasteiger partial charge < -0.3 is 10.4 Å². The lowest BCUT2D eigenvalue weighted by Crippen LogP contribution is -2.25. The van der Waals surface area contributed by atoms with E-state index in [-0.39, 0.29) is 23.7 Å². The maximum atomic E-state index is 12.0. The highest BCUT2D eigenvalue weighted by Gasteiger charge is 2.11. The summed E-state index contributed by atoms with van der Waals surface area (Å²) >= 11 is 0. The van der Waals surface area contributed by atoms with Crippen LogP contribution in [0.5, 0.6) is 0 Å². The normalized spacial score (nSPS) is 10.4. The lowest BCUT2D eigenvalue weighted by atomic mass is 10.2. The van der Waals surface area contributed by atoms with Gasteiger partial charge in [-0.3, -0.25) is 19.7 Å². The first-order valence-electron chi connectivity index (χ1n) is 7.78. The summed E-state index contributed by atoms with van der Waals surface area (Å²) in [6.45, 7) is 0.433. The van der Waals surface area contributed by atoms with Crippen LogP contribution in [-0.2, 0) is 4.79 Å². The van der Waals surface area contributed by atoms with Crippen molar-refractivity contribution in [1.29, 1.82) is 0 Å². The first kappa shape index (κ1) is 18.1. The van der Waals surface area contributed by atoms with E-state index in [4.69, 9.17) is 5.11 Å². The predicted molar refractivity (Wildman–Crippen MR) is 88.7 cm³/mol. The highest BCUT2D eigenvalue weighted by atomic mass is 16.6. The van der Waals surface area contributed by atoms with Crippen LogP contribution in [0.25, 0.3) is 5.69 Å². The Morgan fingerprint density at radius 3 is 2.76 bits per heavy atom. The summed E-state index contributed by atoms with van der Waals surface area (Å²) in [5, 5.41) is 26.2. The SMILES string of the molecule is O=C(O)CCCCCNC(=O)c1ccn(-c2cccc([N+](=O)[O-])c2)n1.